The van der Waals surface area contributed by atoms with Crippen LogP contribution in [0.4, 0.5) is 5.69 Å². The molecule has 0 unspecified atom stereocenters. The third-order valence-corrected chi connectivity index (χ3v) is 3.74. The highest BCUT2D eigenvalue weighted by Crippen LogP contribution is 2.25. The molecule has 1 N–H and O–H groups in total. The highest BCUT2D eigenvalue weighted by atomic mass is 32.1. The first-order chi connectivity index (χ1) is 11.1. The molecule has 2 rings (SSSR count). The van der Waals surface area contributed by atoms with Gasteiger partial charge in [-0.15, -0.1) is 11.3 Å². The quantitative estimate of drug-likeness (QED) is 0.652. The van der Waals surface area contributed by atoms with Crippen molar-refractivity contribution in [2.45, 2.75) is 6.92 Å². The molecule has 6 heteroatoms. The molecule has 5 nitrogen and oxygen atoms in total. The minimum absolute atomic E-state index is 0.356. The number of esters is 1. The molecule has 0 radical (unpaired) electrons. The van der Waals surface area contributed by atoms with E-state index in [0.717, 1.165) is 10.4 Å². The lowest BCUT2D eigenvalue weighted by molar-refractivity contribution is -0.142. The number of nitrogens with one attached hydrogen (secondary N) is 1. The van der Waals surface area contributed by atoms with Gasteiger partial charge in [-0.25, -0.2) is 4.79 Å². The van der Waals surface area contributed by atoms with E-state index in [0.29, 0.717) is 11.4 Å². The molecule has 0 aliphatic heterocycles. The first kappa shape index (κ1) is 16.8. The van der Waals surface area contributed by atoms with E-state index in [1.807, 2.05) is 30.5 Å². The number of hydrogen-bond acceptors (Lipinski definition) is 5. The van der Waals surface area contributed by atoms with Crippen molar-refractivity contribution in [1.82, 2.24) is 0 Å². The Kier molecular flexibility index (Phi) is 5.94. The largest absolute Gasteiger partial charge is 0.495 e. The van der Waals surface area contributed by atoms with Gasteiger partial charge >= 0.3 is 5.97 Å². The molecule has 0 spiro atoms. The molecule has 0 atom stereocenters. The van der Waals surface area contributed by atoms with Gasteiger partial charge in [0.05, 0.1) is 12.8 Å². The molecule has 0 saturated carbocycles. The maximum atomic E-state index is 11.9. The highest BCUT2D eigenvalue weighted by Gasteiger charge is 2.09. The third kappa shape index (κ3) is 5.27. The number of ether oxygens (including phenoxy) is 2. The second-order valence-corrected chi connectivity index (χ2v) is 5.69. The topological polar surface area (TPSA) is 64.6 Å². The average molecular weight is 331 g/mol. The molecule has 1 aromatic heterocycles. The van der Waals surface area contributed by atoms with Crippen molar-refractivity contribution in [2.24, 2.45) is 0 Å². The van der Waals surface area contributed by atoms with Crippen molar-refractivity contribution in [3.8, 4) is 5.75 Å². The van der Waals surface area contributed by atoms with Gasteiger partial charge in [-0.3, -0.25) is 4.79 Å². The van der Waals surface area contributed by atoms with Crippen LogP contribution in [0.25, 0.3) is 6.08 Å². The zero-order chi connectivity index (χ0) is 16.7. The molecule has 0 aliphatic carbocycles. The van der Waals surface area contributed by atoms with Crippen molar-refractivity contribution in [3.05, 3.63) is 52.2 Å². The second-order valence-electron chi connectivity index (χ2n) is 4.71. The Balaban J connectivity index is 1.85. The number of aryl methyl sites for hydroxylation is 1. The van der Waals surface area contributed by atoms with E-state index >= 15 is 0 Å². The maximum absolute atomic E-state index is 11.9. The molecule has 1 heterocycles. The molecule has 0 fully saturated rings. The Labute approximate surface area is 138 Å². The summed E-state index contributed by atoms with van der Waals surface area (Å²) in [6, 6.07) is 9.20. The first-order valence-corrected chi connectivity index (χ1v) is 7.79. The number of methoxy groups -OCH3 is 1. The van der Waals surface area contributed by atoms with Gasteiger partial charge in [-0.05, 0) is 42.1 Å². The number of anilines is 1. The Bertz CT molecular complexity index is 707. The van der Waals surface area contributed by atoms with E-state index in [1.165, 1.54) is 24.5 Å². The lowest BCUT2D eigenvalue weighted by Crippen LogP contribution is -2.20. The van der Waals surface area contributed by atoms with Crippen LogP contribution < -0.4 is 10.1 Å². The first-order valence-electron chi connectivity index (χ1n) is 6.91. The fourth-order valence-corrected chi connectivity index (χ4v) is 2.44. The summed E-state index contributed by atoms with van der Waals surface area (Å²) in [5.74, 6) is -0.440. The number of benzene rings is 1. The zero-order valence-electron chi connectivity index (χ0n) is 12.9. The Morgan fingerprint density at radius 1 is 1.30 bits per heavy atom. The molecule has 0 saturated heterocycles. The zero-order valence-corrected chi connectivity index (χ0v) is 13.7. The van der Waals surface area contributed by atoms with E-state index in [4.69, 9.17) is 9.47 Å². The summed E-state index contributed by atoms with van der Waals surface area (Å²) in [4.78, 5) is 24.4. The summed E-state index contributed by atoms with van der Waals surface area (Å²) < 4.78 is 10.1. The van der Waals surface area contributed by atoms with Gasteiger partial charge < -0.3 is 14.8 Å². The lowest BCUT2D eigenvalue weighted by atomic mass is 10.2. The van der Waals surface area contributed by atoms with E-state index in [9.17, 15) is 9.59 Å². The fraction of sp³-hybridized carbons (Fsp3) is 0.176. The van der Waals surface area contributed by atoms with Crippen molar-refractivity contribution < 1.29 is 19.1 Å². The van der Waals surface area contributed by atoms with Crippen LogP contribution in [-0.4, -0.2) is 25.6 Å². The molecular weight excluding hydrogens is 314 g/mol. The number of carbonyl (C=O) groups excluding carboxylic acids is 2. The van der Waals surface area contributed by atoms with E-state index in [-0.39, 0.29) is 6.61 Å². The maximum Gasteiger partial charge on any atom is 0.331 e. The lowest BCUT2D eigenvalue weighted by Gasteiger charge is -2.10. The van der Waals surface area contributed by atoms with Crippen LogP contribution in [0.15, 0.2) is 41.8 Å². The van der Waals surface area contributed by atoms with Gasteiger partial charge in [0.25, 0.3) is 5.91 Å². The van der Waals surface area contributed by atoms with Gasteiger partial charge in [-0.1, -0.05) is 12.1 Å². The molecule has 1 aromatic carbocycles. The predicted molar refractivity (Wildman–Crippen MR) is 90.7 cm³/mol. The van der Waals surface area contributed by atoms with Crippen molar-refractivity contribution in [1.29, 1.82) is 0 Å². The van der Waals surface area contributed by atoms with Gasteiger partial charge in [0.2, 0.25) is 0 Å². The van der Waals surface area contributed by atoms with E-state index in [2.05, 4.69) is 5.32 Å². The number of carbonyl (C=O) groups is 2. The van der Waals surface area contributed by atoms with Gasteiger partial charge in [0, 0.05) is 11.0 Å². The van der Waals surface area contributed by atoms with Crippen LogP contribution >= 0.6 is 11.3 Å². The standard InChI is InChI=1S/C17H17NO4S/c1-12-5-7-15(21-2)14(10-12)18-16(19)11-22-17(20)8-6-13-4-3-9-23-13/h3-10H,11H2,1-2H3,(H,18,19)/b8-6+. The second kappa shape index (κ2) is 8.14. The summed E-state index contributed by atoms with van der Waals surface area (Å²) in [6.45, 7) is 1.55. The molecular formula is C17H17NO4S. The molecule has 0 bridgehead atoms. The molecule has 1 amide bonds. The molecule has 23 heavy (non-hydrogen) atoms. The molecule has 120 valence electrons. The van der Waals surface area contributed by atoms with Crippen molar-refractivity contribution in [3.63, 3.8) is 0 Å². The van der Waals surface area contributed by atoms with E-state index in [1.54, 1.807) is 18.2 Å². The predicted octanol–water partition coefficient (Wildman–Crippen LogP) is 3.26. The third-order valence-electron chi connectivity index (χ3n) is 2.90. The Morgan fingerprint density at radius 2 is 2.13 bits per heavy atom. The number of hydrogen-bond donors (Lipinski definition) is 1. The minimum atomic E-state index is -0.565. The van der Waals surface area contributed by atoms with Gasteiger partial charge in [0.1, 0.15) is 5.75 Å². The summed E-state index contributed by atoms with van der Waals surface area (Å²) in [6.07, 6.45) is 2.95. The van der Waals surface area contributed by atoms with Crippen LogP contribution in [0, 0.1) is 6.92 Å². The molecule has 0 aliphatic rings. The monoisotopic (exact) mass is 331 g/mol. The van der Waals surface area contributed by atoms with E-state index < -0.39 is 11.9 Å². The Morgan fingerprint density at radius 3 is 2.83 bits per heavy atom. The summed E-state index contributed by atoms with van der Waals surface area (Å²) >= 11 is 1.51. The normalized spacial score (nSPS) is 10.5. The average Bonchev–Trinajstić information content (AvgIpc) is 3.04. The SMILES string of the molecule is COc1ccc(C)cc1NC(=O)COC(=O)/C=C/c1cccs1. The summed E-state index contributed by atoms with van der Waals surface area (Å²) in [5, 5.41) is 4.57. The fourth-order valence-electron chi connectivity index (χ4n) is 1.83. The minimum Gasteiger partial charge on any atom is -0.495 e. The number of amides is 1. The van der Waals surface area contributed by atoms with Gasteiger partial charge in [-0.2, -0.15) is 0 Å². The van der Waals surface area contributed by atoms with Crippen molar-refractivity contribution in [2.75, 3.05) is 19.0 Å². The van der Waals surface area contributed by atoms with Crippen LogP contribution in [0.5, 0.6) is 5.75 Å². The number of thiophene rings is 1. The Hall–Kier alpha value is -2.60. The van der Waals surface area contributed by atoms with Crippen molar-refractivity contribution >= 4 is 35.0 Å². The summed E-state index contributed by atoms with van der Waals surface area (Å²) in [7, 11) is 1.52. The molecule has 2 aromatic rings. The number of rotatable bonds is 6. The van der Waals surface area contributed by atoms with Crippen LogP contribution in [0.3, 0.4) is 0 Å². The van der Waals surface area contributed by atoms with Crippen LogP contribution in [-0.2, 0) is 14.3 Å². The smallest absolute Gasteiger partial charge is 0.331 e. The summed E-state index contributed by atoms with van der Waals surface area (Å²) in [5.41, 5.74) is 1.53. The van der Waals surface area contributed by atoms with Crippen LogP contribution in [0.1, 0.15) is 10.4 Å². The van der Waals surface area contributed by atoms with Crippen LogP contribution in [0.2, 0.25) is 0 Å². The highest BCUT2D eigenvalue weighted by molar-refractivity contribution is 7.10. The van der Waals surface area contributed by atoms with Gasteiger partial charge in [0.15, 0.2) is 6.61 Å².